The average Bonchev–Trinajstić information content (AvgIpc) is 3.47. The topological polar surface area (TPSA) is 103 Å². The lowest BCUT2D eigenvalue weighted by Crippen LogP contribution is -2.36. The van der Waals surface area contributed by atoms with E-state index in [4.69, 9.17) is 14.2 Å². The summed E-state index contributed by atoms with van der Waals surface area (Å²) in [5.41, 5.74) is 0.385. The van der Waals surface area contributed by atoms with E-state index in [-0.39, 0.29) is 30.1 Å². The molecule has 0 bridgehead atoms. The normalized spacial score (nSPS) is 19.4. The molecule has 2 aromatic rings. The van der Waals surface area contributed by atoms with Gasteiger partial charge in [0.2, 0.25) is 0 Å². The molecule has 0 aliphatic carbocycles. The van der Waals surface area contributed by atoms with Gasteiger partial charge in [0.05, 0.1) is 17.7 Å². The molecule has 0 N–H and O–H groups in total. The van der Waals surface area contributed by atoms with Crippen LogP contribution in [-0.2, 0) is 14.3 Å². The van der Waals surface area contributed by atoms with Crippen molar-refractivity contribution in [1.29, 1.82) is 0 Å². The van der Waals surface area contributed by atoms with Crippen molar-refractivity contribution in [2.45, 2.75) is 12.5 Å². The Labute approximate surface area is 172 Å². The van der Waals surface area contributed by atoms with Gasteiger partial charge in [-0.15, -0.1) is 0 Å². The smallest absolute Gasteiger partial charge is 0.326 e. The summed E-state index contributed by atoms with van der Waals surface area (Å²) in [4.78, 5) is 49.5. The second-order valence-corrected chi connectivity index (χ2v) is 7.18. The number of Topliss-reactive ketones (excluding diaryl/α,β-unsaturated/α-hetero) is 1. The van der Waals surface area contributed by atoms with Crippen molar-refractivity contribution in [2.75, 3.05) is 26.4 Å². The molecule has 154 valence electrons. The molecule has 0 radical (unpaired) electrons. The number of imide groups is 1. The minimum absolute atomic E-state index is 0.0470. The van der Waals surface area contributed by atoms with Gasteiger partial charge in [0, 0.05) is 5.56 Å². The predicted octanol–water partition coefficient (Wildman–Crippen LogP) is 1.88. The summed E-state index contributed by atoms with van der Waals surface area (Å²) in [5.74, 6) is -1.28. The molecule has 1 atom stereocenters. The zero-order chi connectivity index (χ0) is 21.3. The molecule has 2 aliphatic heterocycles. The van der Waals surface area contributed by atoms with Gasteiger partial charge in [0.25, 0.3) is 11.8 Å². The van der Waals surface area contributed by atoms with Crippen molar-refractivity contribution in [1.82, 2.24) is 4.90 Å². The number of epoxide rings is 1. The van der Waals surface area contributed by atoms with Gasteiger partial charge in [-0.25, -0.2) is 0 Å². The maximum atomic E-state index is 12.2. The lowest BCUT2D eigenvalue weighted by atomic mass is 10.0. The van der Waals surface area contributed by atoms with E-state index in [9.17, 15) is 19.2 Å². The van der Waals surface area contributed by atoms with Crippen LogP contribution in [0.3, 0.4) is 0 Å². The van der Waals surface area contributed by atoms with Crippen LogP contribution in [0.5, 0.6) is 5.75 Å². The summed E-state index contributed by atoms with van der Waals surface area (Å²) < 4.78 is 15.7. The standard InChI is InChI=1S/C22H19NO7/c1-22(13-30-22)19(25)14-6-8-15(9-7-14)28-10-11-29-18(24)12-23-20(26)16-4-2-3-5-17(16)21(23)27/h2-9H,10-13H2,1H3. The number of ketones is 1. The Morgan fingerprint density at radius 1 is 1.00 bits per heavy atom. The monoisotopic (exact) mass is 409 g/mol. The molecular formula is C22H19NO7. The van der Waals surface area contributed by atoms with Crippen LogP contribution in [-0.4, -0.2) is 60.4 Å². The lowest BCUT2D eigenvalue weighted by molar-refractivity contribution is -0.144. The Kier molecular flexibility index (Phi) is 5.09. The highest BCUT2D eigenvalue weighted by atomic mass is 16.6. The molecule has 1 saturated heterocycles. The summed E-state index contributed by atoms with van der Waals surface area (Å²) in [6.07, 6.45) is 0. The second kappa shape index (κ2) is 7.72. The third-order valence-corrected chi connectivity index (χ3v) is 4.95. The van der Waals surface area contributed by atoms with E-state index in [1.54, 1.807) is 55.5 Å². The third kappa shape index (κ3) is 3.81. The third-order valence-electron chi connectivity index (χ3n) is 4.95. The fraction of sp³-hybridized carbons (Fsp3) is 0.273. The average molecular weight is 409 g/mol. The second-order valence-electron chi connectivity index (χ2n) is 7.18. The lowest BCUT2D eigenvalue weighted by Gasteiger charge is -2.13. The van der Waals surface area contributed by atoms with E-state index in [2.05, 4.69) is 0 Å². The van der Waals surface area contributed by atoms with Crippen molar-refractivity contribution < 1.29 is 33.4 Å². The first-order valence-corrected chi connectivity index (χ1v) is 9.41. The molecular weight excluding hydrogens is 390 g/mol. The number of esters is 1. The molecule has 2 aliphatic rings. The van der Waals surface area contributed by atoms with Crippen LogP contribution in [0.2, 0.25) is 0 Å². The van der Waals surface area contributed by atoms with Crippen LogP contribution < -0.4 is 4.74 Å². The highest BCUT2D eigenvalue weighted by Gasteiger charge is 2.47. The molecule has 2 amide bonds. The summed E-state index contributed by atoms with van der Waals surface area (Å²) in [5, 5.41) is 0. The Bertz CT molecular complexity index is 989. The first-order chi connectivity index (χ1) is 14.4. The summed E-state index contributed by atoms with van der Waals surface area (Å²) in [6, 6.07) is 13.0. The number of amides is 2. The van der Waals surface area contributed by atoms with Gasteiger partial charge >= 0.3 is 5.97 Å². The maximum Gasteiger partial charge on any atom is 0.326 e. The minimum atomic E-state index is -0.712. The van der Waals surface area contributed by atoms with Crippen molar-refractivity contribution >= 4 is 23.6 Å². The summed E-state index contributed by atoms with van der Waals surface area (Å²) >= 11 is 0. The molecule has 1 fully saturated rings. The van der Waals surface area contributed by atoms with Crippen molar-refractivity contribution in [3.05, 3.63) is 65.2 Å². The number of hydrogen-bond donors (Lipinski definition) is 0. The summed E-state index contributed by atoms with van der Waals surface area (Å²) in [6.45, 7) is 1.76. The fourth-order valence-corrected chi connectivity index (χ4v) is 3.12. The molecule has 8 heteroatoms. The molecule has 0 aromatic heterocycles. The number of fused-ring (bicyclic) bond motifs is 1. The number of nitrogens with zero attached hydrogens (tertiary/aromatic N) is 1. The first kappa shape index (κ1) is 19.8. The van der Waals surface area contributed by atoms with Gasteiger partial charge in [-0.05, 0) is 43.3 Å². The van der Waals surface area contributed by atoms with Crippen LogP contribution in [0, 0.1) is 0 Å². The van der Waals surface area contributed by atoms with Gasteiger partial charge in [0.15, 0.2) is 11.4 Å². The maximum absolute atomic E-state index is 12.2. The SMILES string of the molecule is CC1(C(=O)c2ccc(OCCOC(=O)CN3C(=O)c4ccccc4C3=O)cc2)CO1. The van der Waals surface area contributed by atoms with E-state index in [1.165, 1.54) is 0 Å². The van der Waals surface area contributed by atoms with Crippen molar-refractivity contribution in [3.8, 4) is 5.75 Å². The number of rotatable bonds is 8. The highest BCUT2D eigenvalue weighted by Crippen LogP contribution is 2.30. The Morgan fingerprint density at radius 3 is 2.17 bits per heavy atom. The Balaban J connectivity index is 1.22. The molecule has 8 nitrogen and oxygen atoms in total. The van der Waals surface area contributed by atoms with E-state index >= 15 is 0 Å². The van der Waals surface area contributed by atoms with E-state index < -0.39 is 29.9 Å². The quantitative estimate of drug-likeness (QED) is 0.216. The van der Waals surface area contributed by atoms with Crippen LogP contribution in [0.25, 0.3) is 0 Å². The van der Waals surface area contributed by atoms with Crippen LogP contribution in [0.1, 0.15) is 38.0 Å². The van der Waals surface area contributed by atoms with Gasteiger partial charge in [-0.3, -0.25) is 24.1 Å². The molecule has 1 unspecified atom stereocenters. The molecule has 2 aromatic carbocycles. The van der Waals surface area contributed by atoms with Crippen LogP contribution in [0.4, 0.5) is 0 Å². The highest BCUT2D eigenvalue weighted by molar-refractivity contribution is 6.22. The Hall–Kier alpha value is -3.52. The first-order valence-electron chi connectivity index (χ1n) is 9.41. The Morgan fingerprint density at radius 2 is 1.60 bits per heavy atom. The van der Waals surface area contributed by atoms with Crippen molar-refractivity contribution in [2.24, 2.45) is 0 Å². The van der Waals surface area contributed by atoms with E-state index in [0.29, 0.717) is 17.9 Å². The minimum Gasteiger partial charge on any atom is -0.490 e. The molecule has 0 spiro atoms. The van der Waals surface area contributed by atoms with E-state index in [1.807, 2.05) is 0 Å². The van der Waals surface area contributed by atoms with Gasteiger partial charge in [-0.2, -0.15) is 0 Å². The fourth-order valence-electron chi connectivity index (χ4n) is 3.12. The summed E-state index contributed by atoms with van der Waals surface area (Å²) in [7, 11) is 0. The van der Waals surface area contributed by atoms with Gasteiger partial charge < -0.3 is 14.2 Å². The molecule has 2 heterocycles. The van der Waals surface area contributed by atoms with Crippen LogP contribution >= 0.6 is 0 Å². The number of hydrogen-bond acceptors (Lipinski definition) is 7. The van der Waals surface area contributed by atoms with Gasteiger partial charge in [0.1, 0.15) is 25.5 Å². The van der Waals surface area contributed by atoms with Crippen LogP contribution in [0.15, 0.2) is 48.5 Å². The largest absolute Gasteiger partial charge is 0.490 e. The number of benzene rings is 2. The zero-order valence-electron chi connectivity index (χ0n) is 16.3. The molecule has 0 saturated carbocycles. The predicted molar refractivity (Wildman–Crippen MR) is 103 cm³/mol. The molecule has 30 heavy (non-hydrogen) atoms. The molecule has 4 rings (SSSR count). The zero-order valence-corrected chi connectivity index (χ0v) is 16.3. The van der Waals surface area contributed by atoms with Gasteiger partial charge in [-0.1, -0.05) is 12.1 Å². The van der Waals surface area contributed by atoms with E-state index in [0.717, 1.165) is 4.90 Å². The number of ether oxygens (including phenoxy) is 3. The number of carbonyl (C=O) groups is 4. The number of carbonyl (C=O) groups excluding carboxylic acids is 4. The van der Waals surface area contributed by atoms with Crippen molar-refractivity contribution in [3.63, 3.8) is 0 Å².